The number of alkyl carbamates (subject to hydrolysis) is 1. The van der Waals surface area contributed by atoms with E-state index >= 15 is 0 Å². The van der Waals surface area contributed by atoms with Crippen LogP contribution in [0.3, 0.4) is 0 Å². The van der Waals surface area contributed by atoms with E-state index in [4.69, 9.17) is 4.74 Å². The first-order chi connectivity index (χ1) is 9.37. The Morgan fingerprint density at radius 1 is 1.35 bits per heavy atom. The third kappa shape index (κ3) is 3.62. The summed E-state index contributed by atoms with van der Waals surface area (Å²) in [5, 5.41) is 2.91. The number of allylic oxidation sites excluding steroid dienone is 1. The molecule has 3 nitrogen and oxygen atoms in total. The molecular weight excluding hydrogens is 250 g/mol. The summed E-state index contributed by atoms with van der Waals surface area (Å²) >= 11 is 0. The van der Waals surface area contributed by atoms with Gasteiger partial charge in [-0.25, -0.2) is 4.79 Å². The highest BCUT2D eigenvalue weighted by molar-refractivity contribution is 5.69. The number of fused-ring (bicyclic) bond motifs is 1. The Labute approximate surface area is 121 Å². The van der Waals surface area contributed by atoms with Gasteiger partial charge in [0.2, 0.25) is 0 Å². The van der Waals surface area contributed by atoms with Gasteiger partial charge in [0.15, 0.2) is 0 Å². The molecule has 1 amide bonds. The minimum Gasteiger partial charge on any atom is -0.444 e. The van der Waals surface area contributed by atoms with Gasteiger partial charge in [-0.3, -0.25) is 0 Å². The van der Waals surface area contributed by atoms with E-state index in [0.29, 0.717) is 0 Å². The van der Waals surface area contributed by atoms with Crippen LogP contribution < -0.4 is 5.32 Å². The average Bonchev–Trinajstić information content (AvgIpc) is 2.35. The maximum Gasteiger partial charge on any atom is 0.408 e. The number of hydrogen-bond donors (Lipinski definition) is 1. The topological polar surface area (TPSA) is 38.3 Å². The van der Waals surface area contributed by atoms with E-state index in [1.165, 1.54) is 11.1 Å². The lowest BCUT2D eigenvalue weighted by atomic mass is 9.90. The fraction of sp³-hybridized carbons (Fsp3) is 0.471. The van der Waals surface area contributed by atoms with E-state index in [-0.39, 0.29) is 12.1 Å². The predicted molar refractivity (Wildman–Crippen MR) is 81.6 cm³/mol. The van der Waals surface area contributed by atoms with Gasteiger partial charge < -0.3 is 10.1 Å². The van der Waals surface area contributed by atoms with Crippen molar-refractivity contribution in [3.63, 3.8) is 0 Å². The molecule has 1 aliphatic rings. The largest absolute Gasteiger partial charge is 0.444 e. The van der Waals surface area contributed by atoms with Crippen molar-refractivity contribution >= 4 is 12.2 Å². The van der Waals surface area contributed by atoms with Gasteiger partial charge in [0.05, 0.1) is 6.04 Å². The molecule has 0 fully saturated rings. The van der Waals surface area contributed by atoms with Crippen molar-refractivity contribution in [2.45, 2.75) is 52.2 Å². The van der Waals surface area contributed by atoms with Crippen LogP contribution >= 0.6 is 0 Å². The molecule has 0 spiro atoms. The number of ether oxygens (including phenoxy) is 1. The van der Waals surface area contributed by atoms with E-state index in [1.54, 1.807) is 0 Å². The molecule has 108 valence electrons. The fourth-order valence-corrected chi connectivity index (χ4v) is 2.43. The molecule has 0 bridgehead atoms. The fourth-order valence-electron chi connectivity index (χ4n) is 2.43. The Morgan fingerprint density at radius 3 is 2.80 bits per heavy atom. The summed E-state index contributed by atoms with van der Waals surface area (Å²) in [7, 11) is 0. The number of nitrogens with one attached hydrogen (secondary N) is 1. The highest BCUT2D eigenvalue weighted by Crippen LogP contribution is 2.27. The lowest BCUT2D eigenvalue weighted by Crippen LogP contribution is -2.34. The Balaban J connectivity index is 2.13. The molecule has 0 radical (unpaired) electrons. The van der Waals surface area contributed by atoms with Gasteiger partial charge in [0.1, 0.15) is 5.60 Å². The zero-order chi connectivity index (χ0) is 14.8. The maximum atomic E-state index is 11.9. The first-order valence-electron chi connectivity index (χ1n) is 7.14. The third-order valence-electron chi connectivity index (χ3n) is 3.29. The van der Waals surface area contributed by atoms with Crippen molar-refractivity contribution in [1.82, 2.24) is 5.32 Å². The number of carbonyl (C=O) groups excluding carboxylic acids is 1. The number of amides is 1. The van der Waals surface area contributed by atoms with Gasteiger partial charge in [-0.05, 0) is 57.2 Å². The molecule has 1 aromatic rings. The lowest BCUT2D eigenvalue weighted by Gasteiger charge is -2.24. The van der Waals surface area contributed by atoms with Crippen LogP contribution in [0.5, 0.6) is 0 Å². The number of hydrogen-bond acceptors (Lipinski definition) is 2. The first-order valence-corrected chi connectivity index (χ1v) is 7.14. The highest BCUT2D eigenvalue weighted by Gasteiger charge is 2.20. The maximum absolute atomic E-state index is 11.9. The van der Waals surface area contributed by atoms with Crippen molar-refractivity contribution in [3.05, 3.63) is 41.0 Å². The average molecular weight is 273 g/mol. The molecule has 1 aromatic carbocycles. The molecule has 3 heteroatoms. The van der Waals surface area contributed by atoms with E-state index < -0.39 is 5.60 Å². The summed E-state index contributed by atoms with van der Waals surface area (Å²) in [6, 6.07) is 6.21. The minimum absolute atomic E-state index is 0.0671. The van der Waals surface area contributed by atoms with Crippen LogP contribution in [0.15, 0.2) is 24.3 Å². The molecule has 20 heavy (non-hydrogen) atoms. The summed E-state index contributed by atoms with van der Waals surface area (Å²) in [4.78, 5) is 11.9. The van der Waals surface area contributed by atoms with Crippen molar-refractivity contribution in [3.8, 4) is 0 Å². The van der Waals surface area contributed by atoms with Crippen LogP contribution in [0.25, 0.3) is 6.08 Å². The van der Waals surface area contributed by atoms with Crippen LogP contribution in [0.4, 0.5) is 4.79 Å². The van der Waals surface area contributed by atoms with Crippen LogP contribution in [0, 0.1) is 0 Å². The molecule has 0 saturated heterocycles. The highest BCUT2D eigenvalue weighted by atomic mass is 16.6. The normalized spacial score (nSPS) is 15.4. The van der Waals surface area contributed by atoms with E-state index in [2.05, 4.69) is 35.7 Å². The summed E-state index contributed by atoms with van der Waals surface area (Å²) in [6.07, 6.45) is 6.12. The third-order valence-corrected chi connectivity index (χ3v) is 3.29. The second-order valence-electron chi connectivity index (χ2n) is 6.23. The number of rotatable bonds is 2. The molecule has 0 unspecified atom stereocenters. The van der Waals surface area contributed by atoms with E-state index in [9.17, 15) is 4.79 Å². The van der Waals surface area contributed by atoms with Gasteiger partial charge in [-0.2, -0.15) is 0 Å². The van der Waals surface area contributed by atoms with Gasteiger partial charge in [-0.15, -0.1) is 0 Å². The Bertz CT molecular complexity index is 526. The molecule has 1 atom stereocenters. The van der Waals surface area contributed by atoms with E-state index in [0.717, 1.165) is 18.4 Å². The van der Waals surface area contributed by atoms with Gasteiger partial charge >= 0.3 is 6.09 Å². The molecule has 1 N–H and O–H groups in total. The second kappa shape index (κ2) is 5.70. The monoisotopic (exact) mass is 273 g/mol. The first kappa shape index (κ1) is 14.6. The second-order valence-corrected chi connectivity index (χ2v) is 6.23. The number of carbonyl (C=O) groups is 1. The Hall–Kier alpha value is -1.77. The summed E-state index contributed by atoms with van der Waals surface area (Å²) in [6.45, 7) is 7.58. The van der Waals surface area contributed by atoms with Gasteiger partial charge in [-0.1, -0.05) is 30.4 Å². The van der Waals surface area contributed by atoms with Crippen LogP contribution in [0.1, 0.15) is 56.8 Å². The van der Waals surface area contributed by atoms with Crippen LogP contribution in [-0.2, 0) is 11.2 Å². The molecule has 2 rings (SSSR count). The molecule has 0 saturated carbocycles. The van der Waals surface area contributed by atoms with Crippen LogP contribution in [0.2, 0.25) is 0 Å². The lowest BCUT2D eigenvalue weighted by molar-refractivity contribution is 0.0508. The standard InChI is InChI=1S/C17H23NO2/c1-12(18-16(19)20-17(2,3)4)14-11-7-9-13-8-5-6-10-15(13)14/h6-7,9-12H,5,8H2,1-4H3,(H,18,19)/t12-/m1/s1. The van der Waals surface area contributed by atoms with Crippen molar-refractivity contribution in [1.29, 1.82) is 0 Å². The smallest absolute Gasteiger partial charge is 0.408 e. The van der Waals surface area contributed by atoms with Crippen molar-refractivity contribution in [2.75, 3.05) is 0 Å². The summed E-state index contributed by atoms with van der Waals surface area (Å²) < 4.78 is 5.31. The predicted octanol–water partition coefficient (Wildman–Crippen LogP) is 4.23. The summed E-state index contributed by atoms with van der Waals surface area (Å²) in [5.41, 5.74) is 3.26. The minimum atomic E-state index is -0.472. The van der Waals surface area contributed by atoms with E-state index in [1.807, 2.05) is 27.7 Å². The van der Waals surface area contributed by atoms with Crippen molar-refractivity contribution in [2.24, 2.45) is 0 Å². The Morgan fingerprint density at radius 2 is 2.10 bits per heavy atom. The molecule has 1 aliphatic carbocycles. The summed E-state index contributed by atoms with van der Waals surface area (Å²) in [5.74, 6) is 0. The quantitative estimate of drug-likeness (QED) is 0.875. The molecule has 0 heterocycles. The Kier molecular flexibility index (Phi) is 4.17. The van der Waals surface area contributed by atoms with Crippen LogP contribution in [-0.4, -0.2) is 11.7 Å². The molecule has 0 aromatic heterocycles. The van der Waals surface area contributed by atoms with Gasteiger partial charge in [0.25, 0.3) is 0 Å². The zero-order valence-electron chi connectivity index (χ0n) is 12.7. The number of benzene rings is 1. The number of aryl methyl sites for hydroxylation is 1. The molecular formula is C17H23NO2. The zero-order valence-corrected chi connectivity index (χ0v) is 12.7. The van der Waals surface area contributed by atoms with Gasteiger partial charge in [0, 0.05) is 0 Å². The van der Waals surface area contributed by atoms with Crippen molar-refractivity contribution < 1.29 is 9.53 Å². The SMILES string of the molecule is C[C@@H](NC(=O)OC(C)(C)C)c1cccc2c1C=CCC2. The molecule has 0 aliphatic heterocycles.